The lowest BCUT2D eigenvalue weighted by Crippen LogP contribution is -2.44. The molecule has 7 heteroatoms. The smallest absolute Gasteiger partial charge is 0.263 e. The first-order valence-corrected chi connectivity index (χ1v) is 8.37. The number of rotatable bonds is 5. The van der Waals surface area contributed by atoms with Gasteiger partial charge in [0.2, 0.25) is 5.91 Å². The zero-order valence-electron chi connectivity index (χ0n) is 12.1. The quantitative estimate of drug-likeness (QED) is 0.888. The maximum atomic E-state index is 12.2. The minimum atomic E-state index is -0.566. The molecule has 0 bridgehead atoms. The van der Waals surface area contributed by atoms with E-state index in [1.807, 2.05) is 23.8 Å². The number of aromatic nitrogens is 1. The molecule has 0 spiro atoms. The summed E-state index contributed by atoms with van der Waals surface area (Å²) < 4.78 is 0. The van der Waals surface area contributed by atoms with E-state index in [2.05, 4.69) is 15.6 Å². The molecule has 0 aliphatic rings. The highest BCUT2D eigenvalue weighted by atomic mass is 32.1. The van der Waals surface area contributed by atoms with Gasteiger partial charge in [0.25, 0.3) is 5.91 Å². The van der Waals surface area contributed by atoms with Crippen LogP contribution in [0, 0.1) is 6.92 Å². The molecule has 2 aromatic rings. The highest BCUT2D eigenvalue weighted by molar-refractivity contribution is 7.17. The van der Waals surface area contributed by atoms with Crippen molar-refractivity contribution in [1.29, 1.82) is 0 Å². The fourth-order valence-electron chi connectivity index (χ4n) is 1.77. The van der Waals surface area contributed by atoms with Crippen molar-refractivity contribution in [3.05, 3.63) is 27.4 Å². The van der Waals surface area contributed by atoms with Crippen LogP contribution in [-0.4, -0.2) is 29.4 Å². The zero-order chi connectivity index (χ0) is 15.4. The van der Waals surface area contributed by atoms with Gasteiger partial charge < -0.3 is 10.6 Å². The van der Waals surface area contributed by atoms with Gasteiger partial charge in [0, 0.05) is 17.5 Å². The molecule has 2 rings (SSSR count). The summed E-state index contributed by atoms with van der Waals surface area (Å²) in [6.07, 6.45) is 0. The number of likely N-dealkylation sites (N-methyl/N-ethyl adjacent to an activating group) is 1. The van der Waals surface area contributed by atoms with Crippen molar-refractivity contribution < 1.29 is 9.59 Å². The normalized spacial score (nSPS) is 12.0. The van der Waals surface area contributed by atoms with Crippen LogP contribution in [0.3, 0.4) is 0 Å². The Kier molecular flexibility index (Phi) is 5.08. The van der Waals surface area contributed by atoms with Crippen molar-refractivity contribution in [2.24, 2.45) is 0 Å². The molecule has 0 radical (unpaired) electrons. The van der Waals surface area contributed by atoms with Gasteiger partial charge in [-0.25, -0.2) is 4.98 Å². The van der Waals surface area contributed by atoms with E-state index in [0.717, 1.165) is 10.6 Å². The number of thiazole rings is 1. The Labute approximate surface area is 131 Å². The molecule has 0 saturated carbocycles. The van der Waals surface area contributed by atoms with Gasteiger partial charge in [0.1, 0.15) is 15.9 Å². The molecule has 0 aliphatic heterocycles. The molecule has 0 aliphatic carbocycles. The number of aryl methyl sites for hydroxylation is 1. The van der Waals surface area contributed by atoms with Crippen LogP contribution in [0.25, 0.3) is 10.6 Å². The van der Waals surface area contributed by atoms with Crippen LogP contribution in [0.1, 0.15) is 29.2 Å². The summed E-state index contributed by atoms with van der Waals surface area (Å²) in [5.41, 5.74) is 1.70. The second-order valence-electron chi connectivity index (χ2n) is 4.54. The lowest BCUT2D eigenvalue weighted by Gasteiger charge is -2.12. The molecule has 21 heavy (non-hydrogen) atoms. The maximum Gasteiger partial charge on any atom is 0.263 e. The first-order chi connectivity index (χ1) is 10.0. The van der Waals surface area contributed by atoms with Crippen LogP contribution < -0.4 is 10.6 Å². The second kappa shape index (κ2) is 6.82. The summed E-state index contributed by atoms with van der Waals surface area (Å²) in [7, 11) is 0. The van der Waals surface area contributed by atoms with E-state index in [-0.39, 0.29) is 11.8 Å². The molecule has 5 nitrogen and oxygen atoms in total. The van der Waals surface area contributed by atoms with Gasteiger partial charge in [-0.05, 0) is 32.2 Å². The van der Waals surface area contributed by atoms with Crippen molar-refractivity contribution in [3.63, 3.8) is 0 Å². The van der Waals surface area contributed by atoms with E-state index in [4.69, 9.17) is 0 Å². The minimum absolute atomic E-state index is 0.189. The van der Waals surface area contributed by atoms with E-state index in [1.54, 1.807) is 25.2 Å². The van der Waals surface area contributed by atoms with Crippen molar-refractivity contribution in [3.8, 4) is 10.6 Å². The molecule has 1 atom stereocenters. The molecule has 2 heterocycles. The summed E-state index contributed by atoms with van der Waals surface area (Å²) in [5, 5.41) is 10.2. The van der Waals surface area contributed by atoms with Gasteiger partial charge in [-0.2, -0.15) is 11.3 Å². The molecule has 0 fully saturated rings. The van der Waals surface area contributed by atoms with Gasteiger partial charge in [-0.1, -0.05) is 0 Å². The highest BCUT2D eigenvalue weighted by Gasteiger charge is 2.20. The topological polar surface area (TPSA) is 71.1 Å². The fraction of sp³-hybridized carbons (Fsp3) is 0.357. The number of nitrogens with zero attached hydrogens (tertiary/aromatic N) is 1. The number of thiophene rings is 1. The average molecular weight is 323 g/mol. The number of carbonyl (C=O) groups is 2. The lowest BCUT2D eigenvalue weighted by atomic mass is 10.3. The Bertz CT molecular complexity index is 635. The Morgan fingerprint density at radius 2 is 2.19 bits per heavy atom. The van der Waals surface area contributed by atoms with E-state index in [1.165, 1.54) is 11.3 Å². The molecular weight excluding hydrogens is 306 g/mol. The predicted octanol–water partition coefficient (Wildman–Crippen LogP) is 2.43. The summed E-state index contributed by atoms with van der Waals surface area (Å²) in [5.74, 6) is -0.448. The summed E-state index contributed by atoms with van der Waals surface area (Å²) in [6, 6.07) is 1.41. The van der Waals surface area contributed by atoms with Crippen molar-refractivity contribution >= 4 is 34.5 Å². The van der Waals surface area contributed by atoms with Crippen molar-refractivity contribution in [2.75, 3.05) is 6.54 Å². The van der Waals surface area contributed by atoms with Crippen LogP contribution in [0.5, 0.6) is 0 Å². The molecule has 2 aromatic heterocycles. The third kappa shape index (κ3) is 3.68. The Balaban J connectivity index is 2.11. The average Bonchev–Trinajstić information content (AvgIpc) is 3.07. The highest BCUT2D eigenvalue weighted by Crippen LogP contribution is 2.29. The molecule has 0 saturated heterocycles. The Morgan fingerprint density at radius 1 is 1.43 bits per heavy atom. The zero-order valence-corrected chi connectivity index (χ0v) is 13.7. The molecular formula is C14H17N3O2S2. The molecule has 2 amide bonds. The number of amides is 2. The molecule has 0 aromatic carbocycles. The SMILES string of the molecule is CCNC(=O)[C@@H](C)NC(=O)c1sc(-c2ccsc2)nc1C. The summed E-state index contributed by atoms with van der Waals surface area (Å²) in [6.45, 7) is 5.85. The second-order valence-corrected chi connectivity index (χ2v) is 6.31. The number of nitrogens with one attached hydrogen (secondary N) is 2. The third-order valence-corrected chi connectivity index (χ3v) is 4.75. The minimum Gasteiger partial charge on any atom is -0.355 e. The van der Waals surface area contributed by atoms with Crippen LogP contribution in [0.4, 0.5) is 0 Å². The van der Waals surface area contributed by atoms with Crippen LogP contribution in [0.2, 0.25) is 0 Å². The monoisotopic (exact) mass is 323 g/mol. The van der Waals surface area contributed by atoms with Gasteiger partial charge in [-0.15, -0.1) is 11.3 Å². The van der Waals surface area contributed by atoms with Crippen molar-refractivity contribution in [1.82, 2.24) is 15.6 Å². The van der Waals surface area contributed by atoms with Crippen molar-refractivity contribution in [2.45, 2.75) is 26.8 Å². The van der Waals surface area contributed by atoms with Gasteiger partial charge in [-0.3, -0.25) is 9.59 Å². The van der Waals surface area contributed by atoms with Gasteiger partial charge in [0.15, 0.2) is 0 Å². The van der Waals surface area contributed by atoms with Gasteiger partial charge in [0.05, 0.1) is 5.69 Å². The first kappa shape index (κ1) is 15.7. The Morgan fingerprint density at radius 3 is 2.81 bits per heavy atom. The van der Waals surface area contributed by atoms with E-state index in [0.29, 0.717) is 17.1 Å². The lowest BCUT2D eigenvalue weighted by molar-refractivity contribution is -0.122. The number of hydrogen-bond donors (Lipinski definition) is 2. The van der Waals surface area contributed by atoms with E-state index >= 15 is 0 Å². The molecule has 0 unspecified atom stereocenters. The number of carbonyl (C=O) groups excluding carboxylic acids is 2. The summed E-state index contributed by atoms with van der Waals surface area (Å²) >= 11 is 2.94. The van der Waals surface area contributed by atoms with E-state index < -0.39 is 6.04 Å². The first-order valence-electron chi connectivity index (χ1n) is 6.61. The number of hydrogen-bond acceptors (Lipinski definition) is 5. The maximum absolute atomic E-state index is 12.2. The van der Waals surface area contributed by atoms with Crippen LogP contribution >= 0.6 is 22.7 Å². The fourth-order valence-corrected chi connectivity index (χ4v) is 3.45. The standard InChI is InChI=1S/C14H17N3O2S2/c1-4-15-12(18)9(3)16-13(19)11-8(2)17-14(21-11)10-5-6-20-7-10/h5-7,9H,4H2,1-3H3,(H,15,18)(H,16,19)/t9-/m1/s1. The third-order valence-electron chi connectivity index (χ3n) is 2.86. The van der Waals surface area contributed by atoms with Crippen LogP contribution in [0.15, 0.2) is 16.8 Å². The molecule has 112 valence electrons. The predicted molar refractivity (Wildman–Crippen MR) is 85.8 cm³/mol. The van der Waals surface area contributed by atoms with E-state index in [9.17, 15) is 9.59 Å². The van der Waals surface area contributed by atoms with Crippen LogP contribution in [-0.2, 0) is 4.79 Å². The van der Waals surface area contributed by atoms with Gasteiger partial charge >= 0.3 is 0 Å². The largest absolute Gasteiger partial charge is 0.355 e. The Hall–Kier alpha value is -1.73. The summed E-state index contributed by atoms with van der Waals surface area (Å²) in [4.78, 5) is 28.9. The molecule has 2 N–H and O–H groups in total.